The molecule has 2 amide bonds. The first-order valence-electron chi connectivity index (χ1n) is 12.3. The van der Waals surface area contributed by atoms with Crippen LogP contribution in [0.5, 0.6) is 0 Å². The minimum Gasteiger partial charge on any atom is -0.356 e. The zero-order valence-corrected chi connectivity index (χ0v) is 22.0. The van der Waals surface area contributed by atoms with Crippen LogP contribution in [-0.4, -0.2) is 41.1 Å². The van der Waals surface area contributed by atoms with Crippen molar-refractivity contribution in [1.29, 1.82) is 0 Å². The summed E-state index contributed by atoms with van der Waals surface area (Å²) >= 11 is 5.71. The van der Waals surface area contributed by atoms with E-state index in [9.17, 15) is 22.8 Å². The van der Waals surface area contributed by atoms with E-state index in [4.69, 9.17) is 12.2 Å². The van der Waals surface area contributed by atoms with E-state index in [1.54, 1.807) is 0 Å². The summed E-state index contributed by atoms with van der Waals surface area (Å²) in [6.45, 7) is 5.66. The Morgan fingerprint density at radius 1 is 1.08 bits per heavy atom. The quantitative estimate of drug-likeness (QED) is 0.297. The van der Waals surface area contributed by atoms with Gasteiger partial charge in [0.05, 0.1) is 18.2 Å². The summed E-state index contributed by atoms with van der Waals surface area (Å²) in [5.41, 5.74) is 0.203. The molecule has 0 spiro atoms. The molecule has 2 atom stereocenters. The molecule has 10 heteroatoms. The predicted octanol–water partition coefficient (Wildman–Crippen LogP) is 4.46. The molecular formula is C27H33F3N4O2S. The van der Waals surface area contributed by atoms with Crippen LogP contribution in [0.4, 0.5) is 13.2 Å². The van der Waals surface area contributed by atoms with Crippen molar-refractivity contribution >= 4 is 29.0 Å². The Morgan fingerprint density at radius 2 is 1.78 bits per heavy atom. The molecule has 2 aromatic rings. The van der Waals surface area contributed by atoms with E-state index in [2.05, 4.69) is 21.3 Å². The van der Waals surface area contributed by atoms with Crippen molar-refractivity contribution < 1.29 is 22.8 Å². The first-order valence-corrected chi connectivity index (χ1v) is 12.7. The number of aryl methyl sites for hydroxylation is 1. The number of amides is 2. The fourth-order valence-electron chi connectivity index (χ4n) is 4.57. The lowest BCUT2D eigenvalue weighted by molar-refractivity contribution is -0.137. The molecular weight excluding hydrogens is 501 g/mol. The second kappa shape index (κ2) is 12.0. The van der Waals surface area contributed by atoms with Crippen LogP contribution < -0.4 is 21.3 Å². The summed E-state index contributed by atoms with van der Waals surface area (Å²) in [7, 11) is 0. The average molecular weight is 535 g/mol. The highest BCUT2D eigenvalue weighted by atomic mass is 32.1. The number of rotatable bonds is 8. The maximum Gasteiger partial charge on any atom is 0.416 e. The van der Waals surface area contributed by atoms with E-state index in [1.165, 1.54) is 6.07 Å². The molecule has 1 fully saturated rings. The summed E-state index contributed by atoms with van der Waals surface area (Å²) in [6.07, 6.45) is -1.31. The van der Waals surface area contributed by atoms with Crippen molar-refractivity contribution in [2.45, 2.75) is 70.4 Å². The minimum absolute atomic E-state index is 0.0893. The molecule has 0 aliphatic heterocycles. The topological polar surface area (TPSA) is 82.3 Å². The molecule has 2 aromatic carbocycles. The van der Waals surface area contributed by atoms with Gasteiger partial charge in [-0.05, 0) is 58.2 Å². The molecule has 1 aliphatic carbocycles. The van der Waals surface area contributed by atoms with E-state index < -0.39 is 29.2 Å². The molecule has 3 rings (SSSR count). The van der Waals surface area contributed by atoms with Crippen LogP contribution in [0.2, 0.25) is 0 Å². The molecule has 0 bridgehead atoms. The Kier molecular flexibility index (Phi) is 9.31. The molecule has 1 aliphatic rings. The van der Waals surface area contributed by atoms with E-state index >= 15 is 0 Å². The first kappa shape index (κ1) is 28.6. The van der Waals surface area contributed by atoms with Crippen LogP contribution >= 0.6 is 12.2 Å². The third-order valence-electron chi connectivity index (χ3n) is 6.30. The van der Waals surface area contributed by atoms with Crippen LogP contribution in [0.15, 0.2) is 48.5 Å². The zero-order valence-electron chi connectivity index (χ0n) is 21.2. The van der Waals surface area contributed by atoms with Crippen LogP contribution in [0, 0.1) is 6.92 Å². The summed E-state index contributed by atoms with van der Waals surface area (Å²) in [5, 5.41) is 12.5. The lowest BCUT2D eigenvalue weighted by Gasteiger charge is -2.47. The van der Waals surface area contributed by atoms with Gasteiger partial charge in [0.2, 0.25) is 5.91 Å². The lowest BCUT2D eigenvalue weighted by atomic mass is 9.83. The van der Waals surface area contributed by atoms with Gasteiger partial charge in [-0.25, -0.2) is 0 Å². The number of halogens is 3. The number of carbonyl (C=O) groups excluding carboxylic acids is 2. The van der Waals surface area contributed by atoms with Gasteiger partial charge in [0, 0.05) is 17.2 Å². The lowest BCUT2D eigenvalue weighted by Crippen LogP contribution is -2.72. The first-order chi connectivity index (χ1) is 17.4. The SMILES string of the molecule is Cc1ccc(C(=S)NC2(NC(C)C)CCCCC2NC(=O)CNC(=O)c2cccc(C(F)(F)F)c2)cc1. The van der Waals surface area contributed by atoms with Crippen molar-refractivity contribution in [3.63, 3.8) is 0 Å². The average Bonchev–Trinajstić information content (AvgIpc) is 2.83. The van der Waals surface area contributed by atoms with Crippen molar-refractivity contribution in [3.8, 4) is 0 Å². The van der Waals surface area contributed by atoms with Crippen molar-refractivity contribution in [3.05, 3.63) is 70.8 Å². The van der Waals surface area contributed by atoms with Crippen molar-refractivity contribution in [2.24, 2.45) is 0 Å². The number of nitrogens with one attached hydrogen (secondary N) is 4. The Hall–Kier alpha value is -2.98. The Bertz CT molecular complexity index is 1120. The Labute approximate surface area is 220 Å². The third-order valence-corrected chi connectivity index (χ3v) is 6.64. The molecule has 6 nitrogen and oxygen atoms in total. The second-order valence-corrected chi connectivity index (χ2v) is 10.1. The maximum atomic E-state index is 13.0. The van der Waals surface area contributed by atoms with Gasteiger partial charge in [-0.2, -0.15) is 13.2 Å². The van der Waals surface area contributed by atoms with Crippen molar-refractivity contribution in [1.82, 2.24) is 21.3 Å². The van der Waals surface area contributed by atoms with Crippen LogP contribution in [0.1, 0.15) is 66.6 Å². The van der Waals surface area contributed by atoms with Gasteiger partial charge >= 0.3 is 6.18 Å². The second-order valence-electron chi connectivity index (χ2n) is 9.72. The molecule has 4 N–H and O–H groups in total. The molecule has 2 unspecified atom stereocenters. The van der Waals surface area contributed by atoms with Gasteiger partial charge in [0.1, 0.15) is 10.7 Å². The molecule has 200 valence electrons. The molecule has 0 heterocycles. The van der Waals surface area contributed by atoms with E-state index in [1.807, 2.05) is 45.0 Å². The highest BCUT2D eigenvalue weighted by Gasteiger charge is 2.42. The standard InChI is InChI=1S/C27H33F3N4O2S/c1-17(2)33-26(34-25(37)19-12-10-18(3)11-13-19)14-5-4-9-22(26)32-23(35)16-31-24(36)20-7-6-8-21(15-20)27(28,29)30/h6-8,10-13,15,17,22,33H,4-5,9,14,16H2,1-3H3,(H,31,36)(H,32,35)(H,34,37). The summed E-state index contributed by atoms with van der Waals surface area (Å²) in [6, 6.07) is 11.7. The predicted molar refractivity (Wildman–Crippen MR) is 141 cm³/mol. The Balaban J connectivity index is 1.69. The monoisotopic (exact) mass is 534 g/mol. The van der Waals surface area contributed by atoms with Crippen LogP contribution in [-0.2, 0) is 11.0 Å². The number of benzene rings is 2. The smallest absolute Gasteiger partial charge is 0.356 e. The number of thiocarbonyl (C=S) groups is 1. The Morgan fingerprint density at radius 3 is 2.43 bits per heavy atom. The minimum atomic E-state index is -4.56. The number of hydrogen-bond donors (Lipinski definition) is 4. The normalized spacial score (nSPS) is 19.8. The highest BCUT2D eigenvalue weighted by Crippen LogP contribution is 2.30. The summed E-state index contributed by atoms with van der Waals surface area (Å²) in [5.74, 6) is -1.19. The van der Waals surface area contributed by atoms with Gasteiger partial charge in [-0.3, -0.25) is 14.9 Å². The van der Waals surface area contributed by atoms with Crippen LogP contribution in [0.25, 0.3) is 0 Å². The van der Waals surface area contributed by atoms with Gasteiger partial charge in [-0.1, -0.05) is 54.5 Å². The van der Waals surface area contributed by atoms with Crippen molar-refractivity contribution in [2.75, 3.05) is 6.54 Å². The molecule has 37 heavy (non-hydrogen) atoms. The van der Waals surface area contributed by atoms with E-state index in [0.29, 0.717) is 11.4 Å². The molecule has 0 saturated heterocycles. The maximum absolute atomic E-state index is 13.0. The van der Waals surface area contributed by atoms with Gasteiger partial charge < -0.3 is 16.0 Å². The van der Waals surface area contributed by atoms with Crippen LogP contribution in [0.3, 0.4) is 0 Å². The number of alkyl halides is 3. The van der Waals surface area contributed by atoms with Gasteiger partial charge in [0.25, 0.3) is 5.91 Å². The van der Waals surface area contributed by atoms with Gasteiger partial charge in [-0.15, -0.1) is 0 Å². The van der Waals surface area contributed by atoms with E-state index in [0.717, 1.165) is 48.6 Å². The molecule has 0 radical (unpaired) electrons. The summed E-state index contributed by atoms with van der Waals surface area (Å²) < 4.78 is 38.9. The zero-order chi connectivity index (χ0) is 27.2. The fourth-order valence-corrected chi connectivity index (χ4v) is 4.88. The summed E-state index contributed by atoms with van der Waals surface area (Å²) in [4.78, 5) is 25.8. The molecule has 1 saturated carbocycles. The number of hydrogen-bond acceptors (Lipinski definition) is 4. The third kappa shape index (κ3) is 7.75. The van der Waals surface area contributed by atoms with Gasteiger partial charge in [0.15, 0.2) is 0 Å². The van der Waals surface area contributed by atoms with E-state index in [-0.39, 0.29) is 24.2 Å². The molecule has 0 aromatic heterocycles. The fraction of sp³-hybridized carbons (Fsp3) is 0.444. The highest BCUT2D eigenvalue weighted by molar-refractivity contribution is 7.80. The number of carbonyl (C=O) groups is 2. The largest absolute Gasteiger partial charge is 0.416 e.